The molecule has 0 atom stereocenters. The maximum atomic E-state index is 11.9. The summed E-state index contributed by atoms with van der Waals surface area (Å²) >= 11 is 0. The molecule has 0 bridgehead atoms. The Labute approximate surface area is 66.2 Å². The lowest BCUT2D eigenvalue weighted by Gasteiger charge is -2.04. The average molecular weight is 178 g/mol. The molecule has 0 radical (unpaired) electrons. The minimum absolute atomic E-state index is 0.0392. The SMILES string of the molecule is COc1cnnc(C(F)(F)F)c1. The zero-order chi connectivity index (χ0) is 9.19. The molecule has 1 aromatic heterocycles. The minimum atomic E-state index is -4.47. The first-order chi connectivity index (χ1) is 5.54. The van der Waals surface area contributed by atoms with Crippen LogP contribution in [0.15, 0.2) is 12.3 Å². The monoisotopic (exact) mass is 178 g/mol. The fourth-order valence-corrected chi connectivity index (χ4v) is 0.599. The highest BCUT2D eigenvalue weighted by Gasteiger charge is 2.33. The molecular weight excluding hydrogens is 173 g/mol. The second-order valence-corrected chi connectivity index (χ2v) is 1.98. The van der Waals surface area contributed by atoms with Crippen LogP contribution in [0.3, 0.4) is 0 Å². The molecule has 0 unspecified atom stereocenters. The molecule has 0 amide bonds. The molecule has 1 aromatic rings. The van der Waals surface area contributed by atoms with Crippen LogP contribution in [-0.2, 0) is 6.18 Å². The summed E-state index contributed by atoms with van der Waals surface area (Å²) in [5, 5.41) is 6.03. The number of rotatable bonds is 1. The molecule has 0 fully saturated rings. The van der Waals surface area contributed by atoms with Crippen molar-refractivity contribution in [2.75, 3.05) is 7.11 Å². The largest absolute Gasteiger partial charge is 0.495 e. The van der Waals surface area contributed by atoms with E-state index in [1.807, 2.05) is 0 Å². The molecule has 0 aliphatic rings. The fourth-order valence-electron chi connectivity index (χ4n) is 0.599. The number of nitrogens with zero attached hydrogens (tertiary/aromatic N) is 2. The summed E-state index contributed by atoms with van der Waals surface area (Å²) in [6, 6.07) is 0.785. The zero-order valence-corrected chi connectivity index (χ0v) is 6.09. The number of hydrogen-bond donors (Lipinski definition) is 0. The Hall–Kier alpha value is -1.33. The molecular formula is C6H5F3N2O. The standard InChI is InChI=1S/C6H5F3N2O/c1-12-4-2-5(6(7,8)9)11-10-3-4/h2-3H,1H3. The van der Waals surface area contributed by atoms with Crippen molar-refractivity contribution in [3.8, 4) is 5.75 Å². The Balaban J connectivity index is 3.02. The molecule has 0 aliphatic carbocycles. The second kappa shape index (κ2) is 2.96. The molecule has 0 saturated carbocycles. The van der Waals surface area contributed by atoms with Gasteiger partial charge in [0, 0.05) is 6.07 Å². The minimum Gasteiger partial charge on any atom is -0.495 e. The molecule has 0 N–H and O–H groups in total. The van der Waals surface area contributed by atoms with Crippen LogP contribution in [0.1, 0.15) is 5.69 Å². The van der Waals surface area contributed by atoms with Crippen molar-refractivity contribution in [2.24, 2.45) is 0 Å². The number of hydrogen-bond acceptors (Lipinski definition) is 3. The molecule has 0 spiro atoms. The maximum absolute atomic E-state index is 11.9. The van der Waals surface area contributed by atoms with Crippen LogP contribution >= 0.6 is 0 Å². The van der Waals surface area contributed by atoms with Gasteiger partial charge in [0.2, 0.25) is 0 Å². The van der Waals surface area contributed by atoms with Crippen LogP contribution in [-0.4, -0.2) is 17.3 Å². The summed E-state index contributed by atoms with van der Waals surface area (Å²) in [6.07, 6.45) is -3.36. The van der Waals surface area contributed by atoms with E-state index in [1.54, 1.807) is 0 Å². The van der Waals surface area contributed by atoms with E-state index in [4.69, 9.17) is 0 Å². The van der Waals surface area contributed by atoms with Crippen molar-refractivity contribution in [3.05, 3.63) is 18.0 Å². The number of halogens is 3. The van der Waals surface area contributed by atoms with E-state index in [0.717, 1.165) is 12.3 Å². The zero-order valence-electron chi connectivity index (χ0n) is 6.09. The molecule has 0 aliphatic heterocycles. The van der Waals surface area contributed by atoms with Gasteiger partial charge >= 0.3 is 6.18 Å². The Morgan fingerprint density at radius 1 is 1.42 bits per heavy atom. The Morgan fingerprint density at radius 3 is 2.58 bits per heavy atom. The van der Waals surface area contributed by atoms with Crippen LogP contribution in [0, 0.1) is 0 Å². The van der Waals surface area contributed by atoms with Gasteiger partial charge in [-0.25, -0.2) is 0 Å². The molecule has 0 saturated heterocycles. The van der Waals surface area contributed by atoms with Gasteiger partial charge < -0.3 is 4.74 Å². The van der Waals surface area contributed by atoms with E-state index in [2.05, 4.69) is 14.9 Å². The third-order valence-corrected chi connectivity index (χ3v) is 1.16. The third kappa shape index (κ3) is 1.84. The lowest BCUT2D eigenvalue weighted by Crippen LogP contribution is -2.08. The molecule has 0 aromatic carbocycles. The van der Waals surface area contributed by atoms with Crippen molar-refractivity contribution in [2.45, 2.75) is 6.18 Å². The molecule has 1 rings (SSSR count). The van der Waals surface area contributed by atoms with Gasteiger partial charge in [0.1, 0.15) is 5.75 Å². The van der Waals surface area contributed by atoms with Crippen LogP contribution in [0.4, 0.5) is 13.2 Å². The number of methoxy groups -OCH3 is 1. The Kier molecular flexibility index (Phi) is 2.16. The normalized spacial score (nSPS) is 11.3. The van der Waals surface area contributed by atoms with Crippen molar-refractivity contribution in [1.29, 1.82) is 0 Å². The smallest absolute Gasteiger partial charge is 0.435 e. The highest BCUT2D eigenvalue weighted by atomic mass is 19.4. The van der Waals surface area contributed by atoms with Crippen molar-refractivity contribution < 1.29 is 17.9 Å². The molecule has 6 heteroatoms. The highest BCUT2D eigenvalue weighted by Crippen LogP contribution is 2.28. The Bertz CT molecular complexity index is 274. The second-order valence-electron chi connectivity index (χ2n) is 1.98. The van der Waals surface area contributed by atoms with Crippen molar-refractivity contribution in [3.63, 3.8) is 0 Å². The summed E-state index contributed by atoms with van der Waals surface area (Å²) < 4.78 is 40.4. The summed E-state index contributed by atoms with van der Waals surface area (Å²) in [4.78, 5) is 0. The van der Waals surface area contributed by atoms with Gasteiger partial charge in [-0.3, -0.25) is 0 Å². The average Bonchev–Trinajstić information content (AvgIpc) is 2.03. The van der Waals surface area contributed by atoms with Gasteiger partial charge in [0.05, 0.1) is 13.3 Å². The summed E-state index contributed by atoms with van der Waals surface area (Å²) in [7, 11) is 1.26. The van der Waals surface area contributed by atoms with E-state index in [9.17, 15) is 13.2 Å². The fraction of sp³-hybridized carbons (Fsp3) is 0.333. The highest BCUT2D eigenvalue weighted by molar-refractivity contribution is 5.20. The first-order valence-electron chi connectivity index (χ1n) is 2.98. The van der Waals surface area contributed by atoms with E-state index in [-0.39, 0.29) is 5.75 Å². The number of alkyl halides is 3. The van der Waals surface area contributed by atoms with Crippen molar-refractivity contribution in [1.82, 2.24) is 10.2 Å². The number of ether oxygens (including phenoxy) is 1. The van der Waals surface area contributed by atoms with Crippen LogP contribution in [0.25, 0.3) is 0 Å². The quantitative estimate of drug-likeness (QED) is 0.653. The summed E-state index contributed by atoms with van der Waals surface area (Å²) in [5.74, 6) is 0.0392. The van der Waals surface area contributed by atoms with E-state index < -0.39 is 11.9 Å². The predicted molar refractivity (Wildman–Crippen MR) is 33.6 cm³/mol. The van der Waals surface area contributed by atoms with Gasteiger partial charge in [0.15, 0.2) is 5.69 Å². The first kappa shape index (κ1) is 8.76. The lowest BCUT2D eigenvalue weighted by molar-refractivity contribution is -0.141. The van der Waals surface area contributed by atoms with Gasteiger partial charge in [0.25, 0.3) is 0 Å². The van der Waals surface area contributed by atoms with Crippen LogP contribution in [0.5, 0.6) is 5.75 Å². The van der Waals surface area contributed by atoms with Crippen LogP contribution < -0.4 is 4.74 Å². The van der Waals surface area contributed by atoms with Gasteiger partial charge in [-0.15, -0.1) is 5.10 Å². The van der Waals surface area contributed by atoms with Gasteiger partial charge in [-0.05, 0) is 0 Å². The Morgan fingerprint density at radius 2 is 2.08 bits per heavy atom. The van der Waals surface area contributed by atoms with Gasteiger partial charge in [-0.1, -0.05) is 0 Å². The maximum Gasteiger partial charge on any atom is 0.435 e. The van der Waals surface area contributed by atoms with Crippen LogP contribution in [0.2, 0.25) is 0 Å². The summed E-state index contributed by atoms with van der Waals surface area (Å²) in [6.45, 7) is 0. The molecule has 12 heavy (non-hydrogen) atoms. The van der Waals surface area contributed by atoms with E-state index >= 15 is 0 Å². The number of aromatic nitrogens is 2. The molecule has 3 nitrogen and oxygen atoms in total. The molecule has 1 heterocycles. The first-order valence-corrected chi connectivity index (χ1v) is 2.98. The predicted octanol–water partition coefficient (Wildman–Crippen LogP) is 1.50. The van der Waals surface area contributed by atoms with Crippen molar-refractivity contribution >= 4 is 0 Å². The third-order valence-electron chi connectivity index (χ3n) is 1.16. The lowest BCUT2D eigenvalue weighted by atomic mass is 10.4. The summed E-state index contributed by atoms with van der Waals surface area (Å²) in [5.41, 5.74) is -1.05. The van der Waals surface area contributed by atoms with E-state index in [0.29, 0.717) is 0 Å². The van der Waals surface area contributed by atoms with E-state index in [1.165, 1.54) is 7.11 Å². The topological polar surface area (TPSA) is 35.0 Å². The van der Waals surface area contributed by atoms with Gasteiger partial charge in [-0.2, -0.15) is 18.3 Å². The molecule has 66 valence electrons.